The minimum atomic E-state index is -0.288. The van der Waals surface area contributed by atoms with Crippen molar-refractivity contribution in [3.63, 3.8) is 0 Å². The van der Waals surface area contributed by atoms with Gasteiger partial charge in [0.25, 0.3) is 0 Å². The number of thioether (sulfide) groups is 1. The Morgan fingerprint density at radius 3 is 2.84 bits per heavy atom. The van der Waals surface area contributed by atoms with Crippen molar-refractivity contribution >= 4 is 33.5 Å². The van der Waals surface area contributed by atoms with Crippen LogP contribution in [-0.4, -0.2) is 16.5 Å². The van der Waals surface area contributed by atoms with E-state index >= 15 is 0 Å². The van der Waals surface area contributed by atoms with Crippen LogP contribution in [0.4, 0.5) is 4.39 Å². The fraction of sp³-hybridized carbons (Fsp3) is 0.143. The number of ketones is 1. The van der Waals surface area contributed by atoms with Crippen LogP contribution in [0.15, 0.2) is 52.1 Å². The van der Waals surface area contributed by atoms with Gasteiger partial charge in [0.15, 0.2) is 0 Å². The Morgan fingerprint density at radius 1 is 1.32 bits per heavy atom. The predicted octanol–water partition coefficient (Wildman–Crippen LogP) is 3.89. The number of halogens is 2. The number of aromatic nitrogens is 1. The maximum absolute atomic E-state index is 13.4. The van der Waals surface area contributed by atoms with Gasteiger partial charge in [-0.3, -0.25) is 9.78 Å². The molecule has 0 amide bonds. The van der Waals surface area contributed by atoms with E-state index in [1.54, 1.807) is 30.6 Å². The van der Waals surface area contributed by atoms with Gasteiger partial charge in [0.2, 0.25) is 0 Å². The van der Waals surface area contributed by atoms with Gasteiger partial charge in [0, 0.05) is 28.2 Å². The molecule has 0 saturated heterocycles. The minimum absolute atomic E-state index is 0.0492. The molecular weight excluding hydrogens is 329 g/mol. The summed E-state index contributed by atoms with van der Waals surface area (Å²) in [5, 5.41) is 0. The van der Waals surface area contributed by atoms with Gasteiger partial charge < -0.3 is 0 Å². The lowest BCUT2D eigenvalue weighted by molar-refractivity contribution is -0.116. The summed E-state index contributed by atoms with van der Waals surface area (Å²) in [6.07, 6.45) is 3.65. The number of benzene rings is 1. The molecule has 0 radical (unpaired) electrons. The molecule has 1 aromatic carbocycles. The molecule has 0 spiro atoms. The van der Waals surface area contributed by atoms with Crippen LogP contribution >= 0.6 is 27.7 Å². The first-order valence-corrected chi connectivity index (χ1v) is 7.41. The van der Waals surface area contributed by atoms with E-state index in [4.69, 9.17) is 0 Å². The second-order valence-electron chi connectivity index (χ2n) is 3.95. The molecule has 0 bridgehead atoms. The average molecular weight is 340 g/mol. The molecule has 19 heavy (non-hydrogen) atoms. The normalized spacial score (nSPS) is 10.4. The highest BCUT2D eigenvalue weighted by molar-refractivity contribution is 9.10. The maximum atomic E-state index is 13.4. The number of rotatable bonds is 5. The lowest BCUT2D eigenvalue weighted by Gasteiger charge is -2.03. The van der Waals surface area contributed by atoms with Crippen LogP contribution in [0.1, 0.15) is 5.56 Å². The van der Waals surface area contributed by atoms with Crippen molar-refractivity contribution in [1.29, 1.82) is 0 Å². The summed E-state index contributed by atoms with van der Waals surface area (Å²) in [4.78, 5) is 16.3. The summed E-state index contributed by atoms with van der Waals surface area (Å²) in [6, 6.07) is 8.32. The Bertz CT molecular complexity index is 591. The number of carbonyl (C=O) groups excluding carboxylic acids is 1. The standard InChI is InChI=1S/C14H11BrFNOS/c15-11-5-10(7-17-8-11)6-12(18)9-19-14-4-2-1-3-13(14)16/h1-5,7-8H,6,9H2. The third-order valence-corrected chi connectivity index (χ3v) is 3.93. The van der Waals surface area contributed by atoms with Crippen molar-refractivity contribution < 1.29 is 9.18 Å². The topological polar surface area (TPSA) is 30.0 Å². The molecule has 0 aliphatic rings. The van der Waals surface area contributed by atoms with Crippen molar-refractivity contribution in [2.24, 2.45) is 0 Å². The molecule has 2 nitrogen and oxygen atoms in total. The maximum Gasteiger partial charge on any atom is 0.147 e. The van der Waals surface area contributed by atoms with Crippen LogP contribution in [0, 0.1) is 5.82 Å². The summed E-state index contributed by atoms with van der Waals surface area (Å²) in [7, 11) is 0. The van der Waals surface area contributed by atoms with Gasteiger partial charge >= 0.3 is 0 Å². The highest BCUT2D eigenvalue weighted by atomic mass is 79.9. The molecule has 1 heterocycles. The second-order valence-corrected chi connectivity index (χ2v) is 5.88. The number of Topliss-reactive ketones (excluding diaryl/α,β-unsaturated/α-hetero) is 1. The SMILES string of the molecule is O=C(CSc1ccccc1F)Cc1cncc(Br)c1. The van der Waals surface area contributed by atoms with Crippen LogP contribution < -0.4 is 0 Å². The van der Waals surface area contributed by atoms with Crippen LogP contribution in [0.5, 0.6) is 0 Å². The molecule has 0 unspecified atom stereocenters. The first-order chi connectivity index (χ1) is 9.15. The molecule has 98 valence electrons. The lowest BCUT2D eigenvalue weighted by atomic mass is 10.2. The Balaban J connectivity index is 1.90. The third-order valence-electron chi connectivity index (χ3n) is 2.39. The highest BCUT2D eigenvalue weighted by Crippen LogP contribution is 2.21. The van der Waals surface area contributed by atoms with E-state index in [0.717, 1.165) is 10.0 Å². The number of pyridine rings is 1. The van der Waals surface area contributed by atoms with Crippen LogP contribution in [0.2, 0.25) is 0 Å². The first-order valence-electron chi connectivity index (χ1n) is 5.63. The van der Waals surface area contributed by atoms with Crippen LogP contribution in [0.3, 0.4) is 0 Å². The zero-order chi connectivity index (χ0) is 13.7. The number of hydrogen-bond acceptors (Lipinski definition) is 3. The van der Waals surface area contributed by atoms with Gasteiger partial charge in [0.1, 0.15) is 11.6 Å². The molecule has 1 aromatic heterocycles. The number of nitrogens with zero attached hydrogens (tertiary/aromatic N) is 1. The van der Waals surface area contributed by atoms with Gasteiger partial charge in [-0.05, 0) is 39.7 Å². The van der Waals surface area contributed by atoms with E-state index in [1.165, 1.54) is 17.8 Å². The molecule has 2 aromatic rings. The molecule has 0 atom stereocenters. The highest BCUT2D eigenvalue weighted by Gasteiger charge is 2.08. The summed E-state index contributed by atoms with van der Waals surface area (Å²) >= 11 is 4.53. The summed E-state index contributed by atoms with van der Waals surface area (Å²) in [6.45, 7) is 0. The molecule has 0 aliphatic carbocycles. The van der Waals surface area contributed by atoms with Gasteiger partial charge in [-0.25, -0.2) is 4.39 Å². The fourth-order valence-corrected chi connectivity index (χ4v) is 2.76. The van der Waals surface area contributed by atoms with E-state index in [-0.39, 0.29) is 17.4 Å². The lowest BCUT2D eigenvalue weighted by Crippen LogP contribution is -2.06. The Labute approximate surface area is 123 Å². The van der Waals surface area contributed by atoms with Gasteiger partial charge in [0.05, 0.1) is 5.75 Å². The molecule has 0 fully saturated rings. The number of hydrogen-bond donors (Lipinski definition) is 0. The smallest absolute Gasteiger partial charge is 0.147 e. The fourth-order valence-electron chi connectivity index (χ4n) is 1.55. The summed E-state index contributed by atoms with van der Waals surface area (Å²) < 4.78 is 14.2. The van der Waals surface area contributed by atoms with Crippen molar-refractivity contribution in [3.05, 3.63) is 58.6 Å². The van der Waals surface area contributed by atoms with Gasteiger partial charge in [-0.2, -0.15) is 0 Å². The summed E-state index contributed by atoms with van der Waals surface area (Å²) in [5.74, 6) is 0.0190. The third kappa shape index (κ3) is 4.44. The quantitative estimate of drug-likeness (QED) is 0.774. The Hall–Kier alpha value is -1.20. The second kappa shape index (κ2) is 6.82. The van der Waals surface area contributed by atoms with Crippen LogP contribution in [-0.2, 0) is 11.2 Å². The van der Waals surface area contributed by atoms with E-state index < -0.39 is 0 Å². The van der Waals surface area contributed by atoms with Crippen molar-refractivity contribution in [2.45, 2.75) is 11.3 Å². The zero-order valence-corrected chi connectivity index (χ0v) is 12.4. The van der Waals surface area contributed by atoms with E-state index in [0.29, 0.717) is 11.3 Å². The molecular formula is C14H11BrFNOS. The Morgan fingerprint density at radius 2 is 2.11 bits per heavy atom. The molecule has 0 N–H and O–H groups in total. The van der Waals surface area contributed by atoms with E-state index in [1.807, 2.05) is 6.07 Å². The largest absolute Gasteiger partial charge is 0.298 e. The molecule has 0 aliphatic heterocycles. The zero-order valence-electron chi connectivity index (χ0n) is 9.98. The minimum Gasteiger partial charge on any atom is -0.298 e. The average Bonchev–Trinajstić information content (AvgIpc) is 2.38. The van der Waals surface area contributed by atoms with Crippen molar-refractivity contribution in [1.82, 2.24) is 4.98 Å². The van der Waals surface area contributed by atoms with E-state index in [9.17, 15) is 9.18 Å². The molecule has 2 rings (SSSR count). The first kappa shape index (κ1) is 14.2. The van der Waals surface area contributed by atoms with E-state index in [2.05, 4.69) is 20.9 Å². The van der Waals surface area contributed by atoms with Gasteiger partial charge in [-0.15, -0.1) is 11.8 Å². The molecule has 5 heteroatoms. The summed E-state index contributed by atoms with van der Waals surface area (Å²) in [5.41, 5.74) is 0.855. The van der Waals surface area contributed by atoms with Gasteiger partial charge in [-0.1, -0.05) is 12.1 Å². The molecule has 0 saturated carbocycles. The van der Waals surface area contributed by atoms with Crippen molar-refractivity contribution in [2.75, 3.05) is 5.75 Å². The predicted molar refractivity (Wildman–Crippen MR) is 77.8 cm³/mol. The van der Waals surface area contributed by atoms with Crippen molar-refractivity contribution in [3.8, 4) is 0 Å². The van der Waals surface area contributed by atoms with Crippen LogP contribution in [0.25, 0.3) is 0 Å². The monoisotopic (exact) mass is 339 g/mol. The number of carbonyl (C=O) groups is 1. The Kier molecular flexibility index (Phi) is 5.10.